The Morgan fingerprint density at radius 1 is 1.00 bits per heavy atom. The van der Waals surface area contributed by atoms with Crippen LogP contribution in [-0.2, 0) is 10.0 Å². The van der Waals surface area contributed by atoms with E-state index in [4.69, 9.17) is 5.73 Å². The van der Waals surface area contributed by atoms with Crippen molar-refractivity contribution in [3.63, 3.8) is 0 Å². The molecule has 0 fully saturated rings. The fourth-order valence-corrected chi connectivity index (χ4v) is 4.72. The fraction of sp³-hybridized carbons (Fsp3) is 0.333. The molecule has 124 valence electrons. The maximum atomic E-state index is 12.9. The minimum absolute atomic E-state index is 0.338. The van der Waals surface area contributed by atoms with Gasteiger partial charge in [-0.05, 0) is 44.4 Å². The Hall–Kier alpha value is -1.69. The summed E-state index contributed by atoms with van der Waals surface area (Å²) in [6, 6.07) is 12.3. The van der Waals surface area contributed by atoms with E-state index in [2.05, 4.69) is 4.72 Å². The Morgan fingerprint density at radius 3 is 2.00 bits per heavy atom. The van der Waals surface area contributed by atoms with E-state index in [1.165, 1.54) is 0 Å². The minimum Gasteiger partial charge on any atom is -0.326 e. The molecule has 0 unspecified atom stereocenters. The highest BCUT2D eigenvalue weighted by Crippen LogP contribution is 2.25. The molecule has 0 radical (unpaired) electrons. The van der Waals surface area contributed by atoms with Crippen molar-refractivity contribution in [1.82, 2.24) is 4.72 Å². The molecular formula is C18H24N2O2S. The Balaban J connectivity index is 2.44. The lowest BCUT2D eigenvalue weighted by Crippen LogP contribution is -2.39. The fourth-order valence-electron chi connectivity index (χ4n) is 2.96. The molecule has 0 heterocycles. The van der Waals surface area contributed by atoms with Gasteiger partial charge in [0.05, 0.1) is 10.9 Å². The summed E-state index contributed by atoms with van der Waals surface area (Å²) in [5.74, 6) is 0. The first kappa shape index (κ1) is 17.7. The van der Waals surface area contributed by atoms with Gasteiger partial charge in [-0.25, -0.2) is 13.1 Å². The summed E-state index contributed by atoms with van der Waals surface area (Å²) in [6.45, 7) is 7.39. The third kappa shape index (κ3) is 3.99. The Kier molecular flexibility index (Phi) is 5.24. The number of nitrogens with two attached hydrogens (primary N) is 1. The second-order valence-corrected chi connectivity index (χ2v) is 7.75. The van der Waals surface area contributed by atoms with Crippen LogP contribution in [0.4, 0.5) is 0 Å². The molecule has 0 aliphatic rings. The molecule has 0 aliphatic heterocycles. The highest BCUT2D eigenvalue weighted by Gasteiger charge is 2.26. The topological polar surface area (TPSA) is 72.2 Å². The smallest absolute Gasteiger partial charge is 0.241 e. The lowest BCUT2D eigenvalue weighted by molar-refractivity contribution is 0.512. The zero-order chi connectivity index (χ0) is 17.2. The van der Waals surface area contributed by atoms with Gasteiger partial charge in [-0.1, -0.05) is 48.0 Å². The van der Waals surface area contributed by atoms with E-state index in [0.717, 1.165) is 22.3 Å². The van der Waals surface area contributed by atoms with E-state index in [0.29, 0.717) is 4.90 Å². The van der Waals surface area contributed by atoms with Crippen LogP contribution in [0.25, 0.3) is 0 Å². The molecule has 0 saturated heterocycles. The molecule has 0 bridgehead atoms. The molecule has 0 aromatic heterocycles. The van der Waals surface area contributed by atoms with Crippen molar-refractivity contribution < 1.29 is 8.42 Å². The summed E-state index contributed by atoms with van der Waals surface area (Å²) in [5.41, 5.74) is 9.41. The van der Waals surface area contributed by atoms with Crippen molar-refractivity contribution >= 4 is 10.0 Å². The average molecular weight is 332 g/mol. The number of sulfonamides is 1. The molecule has 3 N–H and O–H groups in total. The van der Waals surface area contributed by atoms with Crippen molar-refractivity contribution in [3.05, 3.63) is 64.7 Å². The number of nitrogens with one attached hydrogen (secondary N) is 1. The third-order valence-electron chi connectivity index (χ3n) is 3.84. The van der Waals surface area contributed by atoms with E-state index in [1.54, 1.807) is 6.92 Å². The predicted octanol–water partition coefficient (Wildman–Crippen LogP) is 2.98. The summed E-state index contributed by atoms with van der Waals surface area (Å²) >= 11 is 0. The van der Waals surface area contributed by atoms with Gasteiger partial charge in [0.15, 0.2) is 0 Å². The average Bonchev–Trinajstić information content (AvgIpc) is 2.44. The molecule has 2 rings (SSSR count). The van der Waals surface area contributed by atoms with Crippen LogP contribution in [-0.4, -0.2) is 14.5 Å². The Morgan fingerprint density at radius 2 is 1.52 bits per heavy atom. The molecular weight excluding hydrogens is 308 g/mol. The molecule has 23 heavy (non-hydrogen) atoms. The molecule has 0 saturated carbocycles. The highest BCUT2D eigenvalue weighted by atomic mass is 32.2. The van der Waals surface area contributed by atoms with E-state index < -0.39 is 16.1 Å². The molecule has 0 spiro atoms. The molecule has 0 amide bonds. The van der Waals surface area contributed by atoms with Crippen molar-refractivity contribution in [3.8, 4) is 0 Å². The molecule has 2 aromatic rings. The van der Waals surface area contributed by atoms with Crippen LogP contribution in [0.5, 0.6) is 0 Å². The number of benzene rings is 2. The first-order chi connectivity index (χ1) is 10.7. The van der Waals surface area contributed by atoms with Crippen LogP contribution >= 0.6 is 0 Å². The van der Waals surface area contributed by atoms with E-state index in [9.17, 15) is 8.42 Å². The van der Waals surface area contributed by atoms with Crippen molar-refractivity contribution in [2.45, 2.75) is 44.7 Å². The van der Waals surface area contributed by atoms with E-state index in [1.807, 2.05) is 63.2 Å². The normalized spacial score (nSPS) is 14.5. The van der Waals surface area contributed by atoms with Gasteiger partial charge in [0.25, 0.3) is 0 Å². The van der Waals surface area contributed by atoms with Crippen molar-refractivity contribution in [1.29, 1.82) is 0 Å². The number of hydrogen-bond donors (Lipinski definition) is 2. The Labute approximate surface area is 138 Å². The third-order valence-corrected chi connectivity index (χ3v) is 5.59. The van der Waals surface area contributed by atoms with Gasteiger partial charge in [0.2, 0.25) is 10.0 Å². The van der Waals surface area contributed by atoms with Gasteiger partial charge >= 0.3 is 0 Å². The first-order valence-electron chi connectivity index (χ1n) is 7.63. The second-order valence-electron chi connectivity index (χ2n) is 6.10. The Bertz CT molecular complexity index is 761. The molecule has 0 aliphatic carbocycles. The van der Waals surface area contributed by atoms with Crippen LogP contribution in [0, 0.1) is 20.8 Å². The van der Waals surface area contributed by atoms with Gasteiger partial charge in [-0.15, -0.1) is 0 Å². The van der Waals surface area contributed by atoms with Crippen LogP contribution < -0.4 is 10.5 Å². The lowest BCUT2D eigenvalue weighted by Gasteiger charge is -2.24. The predicted molar refractivity (Wildman–Crippen MR) is 93.8 cm³/mol. The lowest BCUT2D eigenvalue weighted by atomic mass is 10.0. The summed E-state index contributed by atoms with van der Waals surface area (Å²) in [5, 5.41) is 0. The summed E-state index contributed by atoms with van der Waals surface area (Å²) in [4.78, 5) is 0.338. The van der Waals surface area contributed by atoms with Gasteiger partial charge in [0, 0.05) is 6.04 Å². The SMILES string of the molecule is Cc1cc(C)c(S(=O)(=O)N[C@H](c2ccccc2)[C@@H](C)N)c(C)c1. The molecule has 2 atom stereocenters. The van der Waals surface area contributed by atoms with Crippen LogP contribution in [0.2, 0.25) is 0 Å². The molecule has 5 heteroatoms. The number of hydrogen-bond acceptors (Lipinski definition) is 3. The van der Waals surface area contributed by atoms with Crippen molar-refractivity contribution in [2.75, 3.05) is 0 Å². The van der Waals surface area contributed by atoms with E-state index >= 15 is 0 Å². The quantitative estimate of drug-likeness (QED) is 0.884. The number of rotatable bonds is 5. The first-order valence-corrected chi connectivity index (χ1v) is 9.11. The van der Waals surface area contributed by atoms with Crippen LogP contribution in [0.3, 0.4) is 0 Å². The molecule has 2 aromatic carbocycles. The zero-order valence-corrected chi connectivity index (χ0v) is 14.8. The van der Waals surface area contributed by atoms with Crippen LogP contribution in [0.1, 0.15) is 35.2 Å². The van der Waals surface area contributed by atoms with Gasteiger partial charge in [-0.3, -0.25) is 0 Å². The highest BCUT2D eigenvalue weighted by molar-refractivity contribution is 7.89. The maximum absolute atomic E-state index is 12.9. The second kappa shape index (κ2) is 6.83. The standard InChI is InChI=1S/C18H24N2O2S/c1-12-10-13(2)18(14(3)11-12)23(21,22)20-17(15(4)19)16-8-6-5-7-9-16/h5-11,15,17,20H,19H2,1-4H3/t15-,17+/m1/s1. The minimum atomic E-state index is -3.66. The van der Waals surface area contributed by atoms with Crippen molar-refractivity contribution in [2.24, 2.45) is 5.73 Å². The maximum Gasteiger partial charge on any atom is 0.241 e. The van der Waals surface area contributed by atoms with E-state index in [-0.39, 0.29) is 6.04 Å². The van der Waals surface area contributed by atoms with Gasteiger partial charge in [0.1, 0.15) is 0 Å². The number of aryl methyl sites for hydroxylation is 3. The zero-order valence-electron chi connectivity index (χ0n) is 14.0. The summed E-state index contributed by atoms with van der Waals surface area (Å²) in [7, 11) is -3.66. The van der Waals surface area contributed by atoms with Gasteiger partial charge < -0.3 is 5.73 Å². The summed E-state index contributed by atoms with van der Waals surface area (Å²) < 4.78 is 28.6. The van der Waals surface area contributed by atoms with Crippen LogP contribution in [0.15, 0.2) is 47.4 Å². The summed E-state index contributed by atoms with van der Waals surface area (Å²) in [6.07, 6.45) is 0. The molecule has 4 nitrogen and oxygen atoms in total. The largest absolute Gasteiger partial charge is 0.326 e. The monoisotopic (exact) mass is 332 g/mol. The van der Waals surface area contributed by atoms with Gasteiger partial charge in [-0.2, -0.15) is 0 Å².